The molecule has 0 bridgehead atoms. The summed E-state index contributed by atoms with van der Waals surface area (Å²) >= 11 is 1.47. The molecule has 1 aromatic heterocycles. The zero-order valence-corrected chi connectivity index (χ0v) is 12.2. The maximum absolute atomic E-state index is 12.2. The number of nitro benzene ring substituents is 1. The summed E-state index contributed by atoms with van der Waals surface area (Å²) < 4.78 is 26.8. The molecule has 0 amide bonds. The maximum atomic E-state index is 12.2. The Morgan fingerprint density at radius 1 is 1.35 bits per heavy atom. The van der Waals surface area contributed by atoms with Crippen molar-refractivity contribution in [1.82, 2.24) is 4.72 Å². The molecule has 1 aromatic carbocycles. The van der Waals surface area contributed by atoms with Gasteiger partial charge in [0.15, 0.2) is 0 Å². The molecule has 0 radical (unpaired) electrons. The lowest BCUT2D eigenvalue weighted by molar-refractivity contribution is -0.385. The first-order chi connectivity index (χ1) is 9.40. The number of hydrogen-bond acceptors (Lipinski definition) is 5. The molecule has 0 saturated heterocycles. The van der Waals surface area contributed by atoms with E-state index < -0.39 is 14.9 Å². The number of benzene rings is 1. The van der Waals surface area contributed by atoms with Crippen LogP contribution in [0, 0.1) is 17.0 Å². The number of rotatable bonds is 5. The predicted molar refractivity (Wildman–Crippen MR) is 76.2 cm³/mol. The minimum atomic E-state index is -3.77. The van der Waals surface area contributed by atoms with Gasteiger partial charge in [-0.1, -0.05) is 6.07 Å². The molecule has 2 rings (SSSR count). The first kappa shape index (κ1) is 14.6. The van der Waals surface area contributed by atoms with Crippen LogP contribution in [0.2, 0.25) is 0 Å². The highest BCUT2D eigenvalue weighted by Crippen LogP contribution is 2.21. The molecule has 0 unspecified atom stereocenters. The number of nitrogens with zero attached hydrogens (tertiary/aromatic N) is 1. The SMILES string of the molecule is Cc1ccc([N+](=O)[O-])cc1S(=O)(=O)NCc1ccsc1. The van der Waals surface area contributed by atoms with Crippen LogP contribution in [0.1, 0.15) is 11.1 Å². The van der Waals surface area contributed by atoms with Crippen molar-refractivity contribution < 1.29 is 13.3 Å². The van der Waals surface area contributed by atoms with Crippen LogP contribution in [0.5, 0.6) is 0 Å². The monoisotopic (exact) mass is 312 g/mol. The van der Waals surface area contributed by atoms with Gasteiger partial charge in [-0.25, -0.2) is 13.1 Å². The topological polar surface area (TPSA) is 89.3 Å². The third-order valence-electron chi connectivity index (χ3n) is 2.72. The quantitative estimate of drug-likeness (QED) is 0.678. The summed E-state index contributed by atoms with van der Waals surface area (Å²) in [6.45, 7) is 1.76. The molecule has 20 heavy (non-hydrogen) atoms. The van der Waals surface area contributed by atoms with E-state index in [0.717, 1.165) is 11.6 Å². The molecule has 0 spiro atoms. The number of sulfonamides is 1. The lowest BCUT2D eigenvalue weighted by Crippen LogP contribution is -2.23. The molecule has 0 saturated carbocycles. The molecule has 1 heterocycles. The predicted octanol–water partition coefficient (Wildman–Crippen LogP) is 2.44. The highest BCUT2D eigenvalue weighted by atomic mass is 32.2. The highest BCUT2D eigenvalue weighted by Gasteiger charge is 2.20. The van der Waals surface area contributed by atoms with Gasteiger partial charge in [-0.3, -0.25) is 10.1 Å². The number of nitro groups is 1. The Balaban J connectivity index is 2.28. The number of non-ortho nitro benzene ring substituents is 1. The van der Waals surface area contributed by atoms with Gasteiger partial charge < -0.3 is 0 Å². The van der Waals surface area contributed by atoms with Crippen LogP contribution in [-0.4, -0.2) is 13.3 Å². The Morgan fingerprint density at radius 2 is 2.10 bits per heavy atom. The second kappa shape index (κ2) is 5.70. The van der Waals surface area contributed by atoms with Gasteiger partial charge in [-0.2, -0.15) is 11.3 Å². The van der Waals surface area contributed by atoms with Crippen molar-refractivity contribution in [2.24, 2.45) is 0 Å². The van der Waals surface area contributed by atoms with Gasteiger partial charge in [0.25, 0.3) is 5.69 Å². The third-order valence-corrected chi connectivity index (χ3v) is 4.99. The van der Waals surface area contributed by atoms with Gasteiger partial charge in [0.2, 0.25) is 10.0 Å². The van der Waals surface area contributed by atoms with E-state index >= 15 is 0 Å². The van der Waals surface area contributed by atoms with E-state index in [-0.39, 0.29) is 17.1 Å². The molecule has 8 heteroatoms. The lowest BCUT2D eigenvalue weighted by Gasteiger charge is -2.08. The van der Waals surface area contributed by atoms with Crippen molar-refractivity contribution >= 4 is 27.0 Å². The Hall–Kier alpha value is -1.77. The van der Waals surface area contributed by atoms with Crippen molar-refractivity contribution in [3.63, 3.8) is 0 Å². The Morgan fingerprint density at radius 3 is 2.70 bits per heavy atom. The van der Waals surface area contributed by atoms with Crippen LogP contribution >= 0.6 is 11.3 Å². The smallest absolute Gasteiger partial charge is 0.258 e. The number of thiophene rings is 1. The van der Waals surface area contributed by atoms with Gasteiger partial charge in [0, 0.05) is 18.7 Å². The zero-order valence-electron chi connectivity index (χ0n) is 10.6. The average Bonchev–Trinajstić information content (AvgIpc) is 2.89. The number of nitrogens with one attached hydrogen (secondary N) is 1. The van der Waals surface area contributed by atoms with E-state index in [1.54, 1.807) is 6.92 Å². The van der Waals surface area contributed by atoms with E-state index in [1.807, 2.05) is 16.8 Å². The van der Waals surface area contributed by atoms with Crippen LogP contribution in [0.25, 0.3) is 0 Å². The van der Waals surface area contributed by atoms with Crippen LogP contribution in [0.3, 0.4) is 0 Å². The zero-order chi connectivity index (χ0) is 14.8. The van der Waals surface area contributed by atoms with Crippen molar-refractivity contribution in [3.05, 3.63) is 56.3 Å². The molecule has 0 atom stereocenters. The van der Waals surface area contributed by atoms with Crippen LogP contribution in [0.4, 0.5) is 5.69 Å². The molecule has 0 fully saturated rings. The van der Waals surface area contributed by atoms with E-state index in [4.69, 9.17) is 0 Å². The molecule has 1 N–H and O–H groups in total. The van der Waals surface area contributed by atoms with Gasteiger partial charge in [0.1, 0.15) is 0 Å². The van der Waals surface area contributed by atoms with Crippen molar-refractivity contribution in [3.8, 4) is 0 Å². The summed E-state index contributed by atoms with van der Waals surface area (Å²) in [6.07, 6.45) is 0. The van der Waals surface area contributed by atoms with E-state index in [9.17, 15) is 18.5 Å². The fraction of sp³-hybridized carbons (Fsp3) is 0.167. The summed E-state index contributed by atoms with van der Waals surface area (Å²) in [5.41, 5.74) is 1.07. The summed E-state index contributed by atoms with van der Waals surface area (Å²) in [5, 5.41) is 14.4. The maximum Gasteiger partial charge on any atom is 0.270 e. The molecule has 0 aliphatic rings. The first-order valence-electron chi connectivity index (χ1n) is 5.66. The van der Waals surface area contributed by atoms with E-state index in [0.29, 0.717) is 5.56 Å². The molecule has 106 valence electrons. The Kier molecular flexibility index (Phi) is 4.17. The van der Waals surface area contributed by atoms with Crippen molar-refractivity contribution in [2.45, 2.75) is 18.4 Å². The van der Waals surface area contributed by atoms with E-state index in [2.05, 4.69) is 4.72 Å². The second-order valence-corrected chi connectivity index (χ2v) is 6.68. The van der Waals surface area contributed by atoms with Crippen LogP contribution in [0.15, 0.2) is 39.9 Å². The van der Waals surface area contributed by atoms with Gasteiger partial charge in [-0.05, 0) is 34.9 Å². The molecule has 6 nitrogen and oxygen atoms in total. The van der Waals surface area contributed by atoms with Gasteiger partial charge in [-0.15, -0.1) is 0 Å². The number of aryl methyl sites for hydroxylation is 1. The van der Waals surface area contributed by atoms with Crippen LogP contribution in [-0.2, 0) is 16.6 Å². The molecular weight excluding hydrogens is 300 g/mol. The van der Waals surface area contributed by atoms with E-state index in [1.165, 1.54) is 23.5 Å². The minimum Gasteiger partial charge on any atom is -0.258 e. The highest BCUT2D eigenvalue weighted by molar-refractivity contribution is 7.89. The third kappa shape index (κ3) is 3.21. The van der Waals surface area contributed by atoms with Gasteiger partial charge in [0.05, 0.1) is 9.82 Å². The standard InChI is InChI=1S/C12H12N2O4S2/c1-9-2-3-11(14(15)16)6-12(9)20(17,18)13-7-10-4-5-19-8-10/h2-6,8,13H,7H2,1H3. The molecular formula is C12H12N2O4S2. The van der Waals surface area contributed by atoms with Gasteiger partial charge >= 0.3 is 0 Å². The fourth-order valence-electron chi connectivity index (χ4n) is 1.64. The Labute approximate surface area is 120 Å². The fourth-order valence-corrected chi connectivity index (χ4v) is 3.59. The average molecular weight is 312 g/mol. The van der Waals surface area contributed by atoms with Crippen LogP contribution < -0.4 is 4.72 Å². The van der Waals surface area contributed by atoms with Crippen molar-refractivity contribution in [2.75, 3.05) is 0 Å². The number of hydrogen-bond donors (Lipinski definition) is 1. The minimum absolute atomic E-state index is 0.0677. The Bertz CT molecular complexity index is 724. The lowest BCUT2D eigenvalue weighted by atomic mass is 10.2. The largest absolute Gasteiger partial charge is 0.270 e. The second-order valence-electron chi connectivity index (χ2n) is 4.16. The first-order valence-corrected chi connectivity index (χ1v) is 8.08. The molecule has 0 aliphatic carbocycles. The summed E-state index contributed by atoms with van der Waals surface area (Å²) in [4.78, 5) is 10.0. The summed E-state index contributed by atoms with van der Waals surface area (Å²) in [7, 11) is -3.77. The molecule has 0 aliphatic heterocycles. The van der Waals surface area contributed by atoms with Crippen molar-refractivity contribution in [1.29, 1.82) is 0 Å². The normalized spacial score (nSPS) is 11.4. The summed E-state index contributed by atoms with van der Waals surface area (Å²) in [5.74, 6) is 0. The summed E-state index contributed by atoms with van der Waals surface area (Å²) in [6, 6.07) is 5.60. The molecule has 2 aromatic rings.